The lowest BCUT2D eigenvalue weighted by atomic mass is 10.2. The molecule has 0 aliphatic rings. The van der Waals surface area contributed by atoms with Crippen LogP contribution in [0.4, 0.5) is 5.69 Å². The number of anilines is 1. The summed E-state index contributed by atoms with van der Waals surface area (Å²) in [6, 6.07) is 14.8. The molecule has 0 aliphatic heterocycles. The Balaban J connectivity index is 1.92. The van der Waals surface area contributed by atoms with E-state index in [2.05, 4.69) is 4.98 Å². The number of fused-ring (bicyclic) bond motifs is 1. The molecule has 1 heterocycles. The van der Waals surface area contributed by atoms with E-state index in [1.54, 1.807) is 12.1 Å². The van der Waals surface area contributed by atoms with Crippen LogP contribution in [0.1, 0.15) is 10.4 Å². The van der Waals surface area contributed by atoms with E-state index in [-0.39, 0.29) is 5.56 Å². The fourth-order valence-corrected chi connectivity index (χ4v) is 2.89. The number of hydrogen-bond donors (Lipinski definition) is 3. The topological polar surface area (TPSA) is 79.1 Å². The van der Waals surface area contributed by atoms with Crippen LogP contribution in [0.2, 0.25) is 0 Å². The Bertz CT molecular complexity index is 762. The SMILES string of the molecule is Nc1cc(C(=O)O)ccc1Sc1cc2ccccc2[nH]1. The predicted molar refractivity (Wildman–Crippen MR) is 80.2 cm³/mol. The molecule has 0 saturated carbocycles. The van der Waals surface area contributed by atoms with Crippen molar-refractivity contribution in [3.05, 3.63) is 54.1 Å². The molecule has 0 radical (unpaired) electrons. The van der Waals surface area contributed by atoms with Gasteiger partial charge in [-0.1, -0.05) is 30.0 Å². The second-order valence-electron chi connectivity index (χ2n) is 4.38. The average Bonchev–Trinajstić information content (AvgIpc) is 2.83. The summed E-state index contributed by atoms with van der Waals surface area (Å²) in [4.78, 5) is 15.0. The van der Waals surface area contributed by atoms with Crippen LogP contribution in [0.15, 0.2) is 58.5 Å². The lowest BCUT2D eigenvalue weighted by Gasteiger charge is -2.04. The Morgan fingerprint density at radius 1 is 1.15 bits per heavy atom. The van der Waals surface area contributed by atoms with Gasteiger partial charge in [-0.3, -0.25) is 0 Å². The molecule has 0 bridgehead atoms. The number of nitrogens with one attached hydrogen (secondary N) is 1. The molecule has 0 amide bonds. The minimum atomic E-state index is -0.973. The minimum absolute atomic E-state index is 0.198. The summed E-state index contributed by atoms with van der Waals surface area (Å²) < 4.78 is 0. The first-order valence-corrected chi connectivity index (χ1v) is 6.83. The molecule has 2 aromatic carbocycles. The fraction of sp³-hybridized carbons (Fsp3) is 0. The zero-order valence-electron chi connectivity index (χ0n) is 10.5. The number of aromatic amines is 1. The van der Waals surface area contributed by atoms with Crippen molar-refractivity contribution in [2.24, 2.45) is 0 Å². The van der Waals surface area contributed by atoms with Crippen molar-refractivity contribution in [2.45, 2.75) is 9.92 Å². The summed E-state index contributed by atoms with van der Waals surface area (Å²) in [7, 11) is 0. The first-order valence-electron chi connectivity index (χ1n) is 6.02. The molecule has 3 rings (SSSR count). The molecule has 1 aromatic heterocycles. The van der Waals surface area contributed by atoms with Crippen molar-refractivity contribution in [2.75, 3.05) is 5.73 Å². The van der Waals surface area contributed by atoms with Crippen LogP contribution in [-0.4, -0.2) is 16.1 Å². The number of rotatable bonds is 3. The van der Waals surface area contributed by atoms with E-state index in [1.165, 1.54) is 17.8 Å². The van der Waals surface area contributed by atoms with Crippen molar-refractivity contribution in [3.8, 4) is 0 Å². The first-order chi connectivity index (χ1) is 9.63. The number of benzene rings is 2. The number of carbonyl (C=O) groups is 1. The van der Waals surface area contributed by atoms with Gasteiger partial charge in [0.25, 0.3) is 0 Å². The Hall–Kier alpha value is -2.40. The van der Waals surface area contributed by atoms with Gasteiger partial charge in [-0.15, -0.1) is 0 Å². The highest BCUT2D eigenvalue weighted by molar-refractivity contribution is 7.99. The molecule has 5 heteroatoms. The van der Waals surface area contributed by atoms with Gasteiger partial charge in [0.15, 0.2) is 0 Å². The number of aromatic carboxylic acids is 1. The number of carboxylic acid groups (broad SMARTS) is 1. The highest BCUT2D eigenvalue weighted by Crippen LogP contribution is 2.33. The zero-order valence-corrected chi connectivity index (χ0v) is 11.3. The molecule has 20 heavy (non-hydrogen) atoms. The van der Waals surface area contributed by atoms with E-state index >= 15 is 0 Å². The van der Waals surface area contributed by atoms with Crippen LogP contribution in [0.3, 0.4) is 0 Å². The van der Waals surface area contributed by atoms with Crippen molar-refractivity contribution in [1.29, 1.82) is 0 Å². The maximum absolute atomic E-state index is 10.9. The normalized spacial score (nSPS) is 10.8. The van der Waals surface area contributed by atoms with E-state index in [9.17, 15) is 4.79 Å². The number of hydrogen-bond acceptors (Lipinski definition) is 3. The third-order valence-corrected chi connectivity index (χ3v) is 4.01. The van der Waals surface area contributed by atoms with Gasteiger partial charge >= 0.3 is 5.97 Å². The van der Waals surface area contributed by atoms with E-state index in [0.717, 1.165) is 20.8 Å². The van der Waals surface area contributed by atoms with Gasteiger partial charge in [-0.2, -0.15) is 0 Å². The van der Waals surface area contributed by atoms with Crippen LogP contribution in [0.25, 0.3) is 10.9 Å². The third-order valence-electron chi connectivity index (χ3n) is 2.98. The molecule has 0 fully saturated rings. The summed E-state index contributed by atoms with van der Waals surface area (Å²) in [6.45, 7) is 0. The van der Waals surface area contributed by atoms with Crippen LogP contribution < -0.4 is 5.73 Å². The van der Waals surface area contributed by atoms with Gasteiger partial charge in [0.1, 0.15) is 0 Å². The third kappa shape index (κ3) is 2.35. The van der Waals surface area contributed by atoms with Crippen LogP contribution in [-0.2, 0) is 0 Å². The number of H-pyrrole nitrogens is 1. The van der Waals surface area contributed by atoms with Gasteiger partial charge in [0, 0.05) is 21.5 Å². The standard InChI is InChI=1S/C15H12N2O2S/c16-11-7-10(15(18)19)5-6-13(11)20-14-8-9-3-1-2-4-12(9)17-14/h1-8,17H,16H2,(H,18,19). The maximum Gasteiger partial charge on any atom is 0.335 e. The van der Waals surface area contributed by atoms with Gasteiger partial charge in [-0.05, 0) is 30.3 Å². The molecule has 0 saturated heterocycles. The molecule has 0 atom stereocenters. The van der Waals surface area contributed by atoms with Crippen molar-refractivity contribution in [3.63, 3.8) is 0 Å². The molecule has 3 aromatic rings. The van der Waals surface area contributed by atoms with E-state index in [1.807, 2.05) is 30.3 Å². The summed E-state index contributed by atoms with van der Waals surface area (Å²) in [5, 5.41) is 11.0. The molecule has 0 unspecified atom stereocenters. The predicted octanol–water partition coefficient (Wildman–Crippen LogP) is 3.60. The molecule has 0 spiro atoms. The quantitative estimate of drug-likeness (QED) is 0.642. The maximum atomic E-state index is 10.9. The summed E-state index contributed by atoms with van der Waals surface area (Å²) in [5.74, 6) is -0.973. The second kappa shape index (κ2) is 4.94. The molecule has 100 valence electrons. The van der Waals surface area contributed by atoms with E-state index < -0.39 is 5.97 Å². The molecular formula is C15H12N2O2S. The average molecular weight is 284 g/mol. The number of para-hydroxylation sites is 1. The number of nitrogens with two attached hydrogens (primary N) is 1. The zero-order chi connectivity index (χ0) is 14.1. The van der Waals surface area contributed by atoms with Crippen LogP contribution in [0.5, 0.6) is 0 Å². The Morgan fingerprint density at radius 3 is 2.65 bits per heavy atom. The smallest absolute Gasteiger partial charge is 0.335 e. The van der Waals surface area contributed by atoms with Crippen LogP contribution in [0, 0.1) is 0 Å². The Morgan fingerprint density at radius 2 is 1.95 bits per heavy atom. The lowest BCUT2D eigenvalue weighted by molar-refractivity contribution is 0.0697. The summed E-state index contributed by atoms with van der Waals surface area (Å²) in [5.41, 5.74) is 7.63. The minimum Gasteiger partial charge on any atom is -0.478 e. The van der Waals surface area contributed by atoms with Crippen molar-refractivity contribution < 1.29 is 9.90 Å². The number of nitrogen functional groups attached to an aromatic ring is 1. The lowest BCUT2D eigenvalue weighted by Crippen LogP contribution is -1.98. The summed E-state index contributed by atoms with van der Waals surface area (Å²) >= 11 is 1.49. The van der Waals surface area contributed by atoms with Gasteiger partial charge in [0.2, 0.25) is 0 Å². The van der Waals surface area contributed by atoms with Crippen molar-refractivity contribution >= 4 is 34.3 Å². The highest BCUT2D eigenvalue weighted by Gasteiger charge is 2.09. The number of aromatic nitrogens is 1. The Kier molecular flexibility index (Phi) is 3.12. The Labute approximate surface area is 119 Å². The summed E-state index contributed by atoms with van der Waals surface area (Å²) in [6.07, 6.45) is 0. The van der Waals surface area contributed by atoms with Crippen LogP contribution >= 0.6 is 11.8 Å². The van der Waals surface area contributed by atoms with Crippen molar-refractivity contribution in [1.82, 2.24) is 4.98 Å². The number of carboxylic acids is 1. The monoisotopic (exact) mass is 284 g/mol. The first kappa shape index (κ1) is 12.6. The second-order valence-corrected chi connectivity index (χ2v) is 5.46. The molecular weight excluding hydrogens is 272 g/mol. The molecule has 4 nitrogen and oxygen atoms in total. The highest BCUT2D eigenvalue weighted by atomic mass is 32.2. The molecule has 4 N–H and O–H groups in total. The van der Waals surface area contributed by atoms with Gasteiger partial charge in [-0.25, -0.2) is 4.79 Å². The van der Waals surface area contributed by atoms with E-state index in [4.69, 9.17) is 10.8 Å². The van der Waals surface area contributed by atoms with E-state index in [0.29, 0.717) is 5.69 Å². The van der Waals surface area contributed by atoms with Gasteiger partial charge in [0.05, 0.1) is 10.6 Å². The largest absolute Gasteiger partial charge is 0.478 e. The fourth-order valence-electron chi connectivity index (χ4n) is 1.99. The molecule has 0 aliphatic carbocycles. The van der Waals surface area contributed by atoms with Gasteiger partial charge < -0.3 is 15.8 Å².